The molecule has 0 aliphatic heterocycles. The normalized spacial score (nSPS) is 10.7. The van der Waals surface area contributed by atoms with E-state index in [0.717, 1.165) is 8.95 Å². The van der Waals surface area contributed by atoms with Gasteiger partial charge < -0.3 is 0 Å². The Balaban J connectivity index is 1.94. The third kappa shape index (κ3) is 3.67. The van der Waals surface area contributed by atoms with Gasteiger partial charge in [0.15, 0.2) is 0 Å². The summed E-state index contributed by atoms with van der Waals surface area (Å²) in [5.74, 6) is 0. The van der Waals surface area contributed by atoms with Gasteiger partial charge >= 0.3 is 0 Å². The minimum atomic E-state index is 1.06. The molecule has 0 fully saturated rings. The van der Waals surface area contributed by atoms with Crippen molar-refractivity contribution in [3.8, 4) is 33.4 Å². The number of rotatable bonds is 3. The van der Waals surface area contributed by atoms with Crippen molar-refractivity contribution in [3.63, 3.8) is 0 Å². The Kier molecular flexibility index (Phi) is 5.05. The van der Waals surface area contributed by atoms with Gasteiger partial charge in [-0.3, -0.25) is 0 Å². The molecule has 0 unspecified atom stereocenters. The van der Waals surface area contributed by atoms with Crippen LogP contribution in [0.3, 0.4) is 0 Å². The molecule has 0 radical (unpaired) electrons. The first-order valence-corrected chi connectivity index (χ1v) is 10.0. The lowest BCUT2D eigenvalue weighted by Crippen LogP contribution is -1.88. The molecule has 0 heterocycles. The monoisotopic (exact) mass is 462 g/mol. The van der Waals surface area contributed by atoms with Crippen LogP contribution in [0.5, 0.6) is 0 Å². The van der Waals surface area contributed by atoms with Gasteiger partial charge in [0.05, 0.1) is 0 Å². The smallest absolute Gasteiger partial charge is 0.0192 e. The molecule has 0 bridgehead atoms. The molecule has 126 valence electrons. The summed E-state index contributed by atoms with van der Waals surface area (Å²) in [7, 11) is 0. The fourth-order valence-corrected chi connectivity index (χ4v) is 4.47. The summed E-state index contributed by atoms with van der Waals surface area (Å²) in [6, 6.07) is 34.2. The van der Waals surface area contributed by atoms with Gasteiger partial charge in [0, 0.05) is 8.95 Å². The average molecular weight is 464 g/mol. The first-order valence-electron chi connectivity index (χ1n) is 8.42. The summed E-state index contributed by atoms with van der Waals surface area (Å²) >= 11 is 7.22. The van der Waals surface area contributed by atoms with E-state index in [-0.39, 0.29) is 0 Å². The second-order valence-electron chi connectivity index (χ2n) is 6.15. The van der Waals surface area contributed by atoms with E-state index < -0.39 is 0 Å². The zero-order chi connectivity index (χ0) is 17.9. The highest BCUT2D eigenvalue weighted by molar-refractivity contribution is 9.11. The van der Waals surface area contributed by atoms with Crippen LogP contribution >= 0.6 is 31.9 Å². The SMILES string of the molecule is Brc1cc(Br)cc(-c2ccc(-c3ccccc3)cc2-c2ccccc2)c1. The lowest BCUT2D eigenvalue weighted by molar-refractivity contribution is 1.54. The van der Waals surface area contributed by atoms with Crippen LogP contribution in [0, 0.1) is 0 Å². The van der Waals surface area contributed by atoms with E-state index in [9.17, 15) is 0 Å². The summed E-state index contributed by atoms with van der Waals surface area (Å²) in [6.07, 6.45) is 0. The van der Waals surface area contributed by atoms with Crippen molar-refractivity contribution >= 4 is 31.9 Å². The zero-order valence-corrected chi connectivity index (χ0v) is 17.2. The van der Waals surface area contributed by atoms with E-state index in [1.165, 1.54) is 33.4 Å². The summed E-state index contributed by atoms with van der Waals surface area (Å²) in [5.41, 5.74) is 7.31. The maximum absolute atomic E-state index is 3.61. The first-order chi connectivity index (χ1) is 12.7. The lowest BCUT2D eigenvalue weighted by atomic mass is 9.91. The molecule has 4 aromatic carbocycles. The van der Waals surface area contributed by atoms with Crippen LogP contribution in [0.2, 0.25) is 0 Å². The summed E-state index contributed by atoms with van der Waals surface area (Å²) in [4.78, 5) is 0. The van der Waals surface area contributed by atoms with Crippen molar-refractivity contribution in [1.29, 1.82) is 0 Å². The molecule has 0 atom stereocenters. The highest BCUT2D eigenvalue weighted by Gasteiger charge is 2.11. The molecule has 4 aromatic rings. The second-order valence-corrected chi connectivity index (χ2v) is 7.98. The third-order valence-corrected chi connectivity index (χ3v) is 5.30. The summed E-state index contributed by atoms with van der Waals surface area (Å²) in [5, 5.41) is 0. The van der Waals surface area contributed by atoms with E-state index in [2.05, 4.69) is 129 Å². The van der Waals surface area contributed by atoms with Gasteiger partial charge in [0.1, 0.15) is 0 Å². The molecule has 26 heavy (non-hydrogen) atoms. The fourth-order valence-electron chi connectivity index (χ4n) is 3.17. The molecule has 0 aliphatic carbocycles. The van der Waals surface area contributed by atoms with E-state index in [0.29, 0.717) is 0 Å². The first kappa shape index (κ1) is 17.3. The predicted octanol–water partition coefficient (Wildman–Crippen LogP) is 8.21. The molecule has 0 aliphatic rings. The van der Waals surface area contributed by atoms with Crippen molar-refractivity contribution in [2.24, 2.45) is 0 Å². The van der Waals surface area contributed by atoms with Crippen LogP contribution in [-0.4, -0.2) is 0 Å². The second kappa shape index (κ2) is 7.61. The largest absolute Gasteiger partial charge is 0.0622 e. The number of hydrogen-bond acceptors (Lipinski definition) is 0. The Bertz CT molecular complexity index is 1020. The third-order valence-electron chi connectivity index (χ3n) is 4.39. The van der Waals surface area contributed by atoms with Gasteiger partial charge in [-0.1, -0.05) is 105 Å². The Labute approximate surface area is 170 Å². The fraction of sp³-hybridized carbons (Fsp3) is 0. The van der Waals surface area contributed by atoms with Crippen LogP contribution < -0.4 is 0 Å². The number of benzene rings is 4. The van der Waals surface area contributed by atoms with Crippen molar-refractivity contribution in [2.45, 2.75) is 0 Å². The van der Waals surface area contributed by atoms with Crippen molar-refractivity contribution in [2.75, 3.05) is 0 Å². The average Bonchev–Trinajstić information content (AvgIpc) is 2.68. The molecule has 4 rings (SSSR count). The molecule has 0 saturated carbocycles. The quantitative estimate of drug-likeness (QED) is 0.287. The van der Waals surface area contributed by atoms with E-state index in [4.69, 9.17) is 0 Å². The molecule has 0 aromatic heterocycles. The molecular formula is C24H16Br2. The molecule has 0 spiro atoms. The molecule has 0 saturated heterocycles. The minimum absolute atomic E-state index is 1.06. The maximum Gasteiger partial charge on any atom is 0.0192 e. The van der Waals surface area contributed by atoms with Crippen LogP contribution in [0.15, 0.2) is 106 Å². The predicted molar refractivity (Wildman–Crippen MR) is 118 cm³/mol. The van der Waals surface area contributed by atoms with E-state index in [1.54, 1.807) is 0 Å². The number of halogens is 2. The van der Waals surface area contributed by atoms with Crippen molar-refractivity contribution in [1.82, 2.24) is 0 Å². The molecule has 0 N–H and O–H groups in total. The van der Waals surface area contributed by atoms with Crippen LogP contribution in [0.4, 0.5) is 0 Å². The number of hydrogen-bond donors (Lipinski definition) is 0. The molecule has 2 heteroatoms. The Morgan fingerprint density at radius 1 is 0.385 bits per heavy atom. The van der Waals surface area contributed by atoms with E-state index >= 15 is 0 Å². The van der Waals surface area contributed by atoms with E-state index in [1.807, 2.05) is 0 Å². The highest BCUT2D eigenvalue weighted by atomic mass is 79.9. The highest BCUT2D eigenvalue weighted by Crippen LogP contribution is 2.37. The molecule has 0 nitrogen and oxygen atoms in total. The summed E-state index contributed by atoms with van der Waals surface area (Å²) in [6.45, 7) is 0. The zero-order valence-electron chi connectivity index (χ0n) is 14.0. The van der Waals surface area contributed by atoms with Crippen molar-refractivity contribution < 1.29 is 0 Å². The van der Waals surface area contributed by atoms with Crippen LogP contribution in [-0.2, 0) is 0 Å². The minimum Gasteiger partial charge on any atom is -0.0622 e. The van der Waals surface area contributed by atoms with Crippen LogP contribution in [0.1, 0.15) is 0 Å². The van der Waals surface area contributed by atoms with Crippen molar-refractivity contribution in [3.05, 3.63) is 106 Å². The van der Waals surface area contributed by atoms with Gasteiger partial charge in [0.25, 0.3) is 0 Å². The summed E-state index contributed by atoms with van der Waals surface area (Å²) < 4.78 is 2.13. The van der Waals surface area contributed by atoms with Gasteiger partial charge in [-0.05, 0) is 57.6 Å². The Hall–Kier alpha value is -2.16. The van der Waals surface area contributed by atoms with Gasteiger partial charge in [-0.2, -0.15) is 0 Å². The lowest BCUT2D eigenvalue weighted by Gasteiger charge is -2.14. The molecular weight excluding hydrogens is 448 g/mol. The standard InChI is InChI=1S/C24H16Br2/c25-21-13-20(14-22(26)16-21)23-12-11-19(17-7-3-1-4-8-17)15-24(23)18-9-5-2-6-10-18/h1-16H. The molecule has 0 amide bonds. The maximum atomic E-state index is 3.61. The van der Waals surface area contributed by atoms with Crippen LogP contribution in [0.25, 0.3) is 33.4 Å². The Morgan fingerprint density at radius 2 is 0.962 bits per heavy atom. The van der Waals surface area contributed by atoms with Gasteiger partial charge in [-0.15, -0.1) is 0 Å². The Morgan fingerprint density at radius 3 is 1.58 bits per heavy atom. The topological polar surface area (TPSA) is 0 Å². The van der Waals surface area contributed by atoms with Gasteiger partial charge in [0.2, 0.25) is 0 Å². The van der Waals surface area contributed by atoms with Gasteiger partial charge in [-0.25, -0.2) is 0 Å².